The second-order valence-electron chi connectivity index (χ2n) is 8.38. The van der Waals surface area contributed by atoms with Crippen molar-refractivity contribution in [2.45, 2.75) is 52.4 Å². The Balaban J connectivity index is 1.49. The normalized spacial score (nSPS) is 10.9. The van der Waals surface area contributed by atoms with E-state index in [2.05, 4.69) is 17.2 Å². The van der Waals surface area contributed by atoms with Crippen molar-refractivity contribution in [2.24, 2.45) is 10.2 Å². The first-order valence-electron chi connectivity index (χ1n) is 12.2. The molecule has 3 aromatic carbocycles. The first-order chi connectivity index (χ1) is 17.1. The van der Waals surface area contributed by atoms with Crippen LogP contribution in [-0.4, -0.2) is 19.7 Å². The minimum absolute atomic E-state index is 0.430. The van der Waals surface area contributed by atoms with Gasteiger partial charge in [-0.2, -0.15) is 10.2 Å². The summed E-state index contributed by atoms with van der Waals surface area (Å²) in [6, 6.07) is 19.7. The summed E-state index contributed by atoms with van der Waals surface area (Å²) in [6.45, 7) is 4.87. The van der Waals surface area contributed by atoms with Gasteiger partial charge in [0.15, 0.2) is 0 Å². The number of nitrogens with zero attached hydrogens (tertiary/aromatic N) is 2. The Labute approximate surface area is 208 Å². The molecule has 0 radical (unpaired) electrons. The Bertz CT molecular complexity index is 1090. The molecule has 0 aliphatic carbocycles. The van der Waals surface area contributed by atoms with Crippen LogP contribution in [0.4, 0.5) is 11.4 Å². The molecule has 6 nitrogen and oxygen atoms in total. The van der Waals surface area contributed by atoms with Gasteiger partial charge >= 0.3 is 5.97 Å². The van der Waals surface area contributed by atoms with Crippen molar-refractivity contribution >= 4 is 17.3 Å². The summed E-state index contributed by atoms with van der Waals surface area (Å²) < 4.78 is 16.4. The Morgan fingerprint density at radius 1 is 0.771 bits per heavy atom. The molecular weight excluding hydrogens is 440 g/mol. The Morgan fingerprint density at radius 3 is 2.11 bits per heavy atom. The van der Waals surface area contributed by atoms with Crippen LogP contribution in [0.5, 0.6) is 17.2 Å². The van der Waals surface area contributed by atoms with Crippen LogP contribution < -0.4 is 14.2 Å². The van der Waals surface area contributed by atoms with E-state index < -0.39 is 5.97 Å². The van der Waals surface area contributed by atoms with Crippen molar-refractivity contribution in [3.8, 4) is 17.2 Å². The Kier molecular flexibility index (Phi) is 10.3. The van der Waals surface area contributed by atoms with E-state index in [1.165, 1.54) is 32.1 Å². The molecule has 3 rings (SSSR count). The number of methoxy groups -OCH3 is 1. The minimum atomic E-state index is -0.430. The van der Waals surface area contributed by atoms with Crippen LogP contribution in [-0.2, 0) is 0 Å². The molecular formula is C29H34N2O4. The van der Waals surface area contributed by atoms with Gasteiger partial charge in [0.05, 0.1) is 30.7 Å². The summed E-state index contributed by atoms with van der Waals surface area (Å²) in [5.41, 5.74) is 2.75. The molecule has 0 N–H and O–H groups in total. The van der Waals surface area contributed by atoms with E-state index in [-0.39, 0.29) is 0 Å². The maximum atomic E-state index is 12.4. The summed E-state index contributed by atoms with van der Waals surface area (Å²) in [6.07, 6.45) is 7.47. The predicted molar refractivity (Wildman–Crippen MR) is 139 cm³/mol. The fraction of sp³-hybridized carbons (Fsp3) is 0.345. The van der Waals surface area contributed by atoms with Crippen LogP contribution in [0.25, 0.3) is 0 Å². The lowest BCUT2D eigenvalue weighted by molar-refractivity contribution is 0.0734. The van der Waals surface area contributed by atoms with E-state index in [9.17, 15) is 4.79 Å². The molecule has 184 valence electrons. The van der Waals surface area contributed by atoms with Crippen LogP contribution in [0.2, 0.25) is 0 Å². The predicted octanol–water partition coefficient (Wildman–Crippen LogP) is 8.38. The van der Waals surface area contributed by atoms with Crippen LogP contribution in [0, 0.1) is 6.92 Å². The van der Waals surface area contributed by atoms with E-state index in [4.69, 9.17) is 14.2 Å². The molecule has 35 heavy (non-hydrogen) atoms. The van der Waals surface area contributed by atoms with Crippen molar-refractivity contribution in [1.29, 1.82) is 0 Å². The molecule has 0 saturated carbocycles. The van der Waals surface area contributed by atoms with E-state index in [0.29, 0.717) is 22.7 Å². The first-order valence-corrected chi connectivity index (χ1v) is 12.2. The SMILES string of the molecule is CCCCCCCCOc1ccc(N=Nc2ccc(OC(=O)c3ccc(OC)cc3)cc2C)cc1. The number of esters is 1. The molecule has 0 aliphatic heterocycles. The molecule has 3 aromatic rings. The van der Waals surface area contributed by atoms with Crippen LogP contribution in [0.1, 0.15) is 61.4 Å². The third-order valence-electron chi connectivity index (χ3n) is 5.58. The van der Waals surface area contributed by atoms with E-state index >= 15 is 0 Å². The van der Waals surface area contributed by atoms with E-state index in [1.807, 2.05) is 31.2 Å². The number of rotatable bonds is 13. The summed E-state index contributed by atoms with van der Waals surface area (Å²) >= 11 is 0. The van der Waals surface area contributed by atoms with Crippen molar-refractivity contribution in [3.05, 3.63) is 77.9 Å². The van der Waals surface area contributed by atoms with Crippen LogP contribution in [0.3, 0.4) is 0 Å². The number of azo groups is 1. The quantitative estimate of drug-likeness (QED) is 0.108. The largest absolute Gasteiger partial charge is 0.497 e. The van der Waals surface area contributed by atoms with Crippen LogP contribution in [0.15, 0.2) is 77.0 Å². The van der Waals surface area contributed by atoms with Gasteiger partial charge in [-0.1, -0.05) is 39.0 Å². The number of aryl methyl sites for hydroxylation is 1. The summed E-state index contributed by atoms with van der Waals surface area (Å²) in [7, 11) is 1.58. The van der Waals surface area contributed by atoms with Gasteiger partial charge in [-0.15, -0.1) is 0 Å². The van der Waals surface area contributed by atoms with Gasteiger partial charge in [-0.05, 0) is 85.6 Å². The van der Waals surface area contributed by atoms with Gasteiger partial charge in [0, 0.05) is 0 Å². The number of carbonyl (C=O) groups excluding carboxylic acids is 1. The third kappa shape index (κ3) is 8.56. The number of benzene rings is 3. The fourth-order valence-corrected chi connectivity index (χ4v) is 3.49. The monoisotopic (exact) mass is 474 g/mol. The summed E-state index contributed by atoms with van der Waals surface area (Å²) in [5.74, 6) is 1.55. The number of hydrogen-bond donors (Lipinski definition) is 0. The molecule has 0 aromatic heterocycles. The number of ether oxygens (including phenoxy) is 3. The fourth-order valence-electron chi connectivity index (χ4n) is 3.49. The maximum Gasteiger partial charge on any atom is 0.343 e. The third-order valence-corrected chi connectivity index (χ3v) is 5.58. The zero-order valence-corrected chi connectivity index (χ0v) is 20.8. The van der Waals surface area contributed by atoms with E-state index in [0.717, 1.165) is 30.0 Å². The lowest BCUT2D eigenvalue weighted by Gasteiger charge is -2.07. The standard InChI is InChI=1S/C29H34N2O4/c1-4-5-6-7-8-9-20-34-26-16-12-24(13-17-26)30-31-28-19-18-27(21-22(28)2)35-29(32)23-10-14-25(33-3)15-11-23/h10-19,21H,4-9,20H2,1-3H3. The maximum absolute atomic E-state index is 12.4. The van der Waals surface area contributed by atoms with Gasteiger partial charge in [0.25, 0.3) is 0 Å². The van der Waals surface area contributed by atoms with E-state index in [1.54, 1.807) is 49.6 Å². The average molecular weight is 475 g/mol. The van der Waals surface area contributed by atoms with Crippen molar-refractivity contribution < 1.29 is 19.0 Å². The van der Waals surface area contributed by atoms with Crippen molar-refractivity contribution in [2.75, 3.05) is 13.7 Å². The van der Waals surface area contributed by atoms with Gasteiger partial charge in [0.1, 0.15) is 17.2 Å². The highest BCUT2D eigenvalue weighted by Crippen LogP contribution is 2.27. The number of hydrogen-bond acceptors (Lipinski definition) is 6. The van der Waals surface area contributed by atoms with Gasteiger partial charge in [-0.25, -0.2) is 4.79 Å². The van der Waals surface area contributed by atoms with Gasteiger partial charge < -0.3 is 14.2 Å². The molecule has 6 heteroatoms. The molecule has 0 bridgehead atoms. The molecule has 0 unspecified atom stereocenters. The molecule has 0 saturated heterocycles. The lowest BCUT2D eigenvalue weighted by Crippen LogP contribution is -2.08. The van der Waals surface area contributed by atoms with Crippen molar-refractivity contribution in [1.82, 2.24) is 0 Å². The molecule has 0 heterocycles. The summed E-state index contributed by atoms with van der Waals surface area (Å²) in [4.78, 5) is 12.4. The molecule has 0 fully saturated rings. The molecule has 0 amide bonds. The Morgan fingerprint density at radius 2 is 1.43 bits per heavy atom. The summed E-state index contributed by atoms with van der Waals surface area (Å²) in [5, 5.41) is 8.66. The van der Waals surface area contributed by atoms with Gasteiger partial charge in [-0.3, -0.25) is 0 Å². The first kappa shape index (κ1) is 25.9. The molecule has 0 aliphatic rings. The van der Waals surface area contributed by atoms with Gasteiger partial charge in [0.2, 0.25) is 0 Å². The Hall–Kier alpha value is -3.67. The zero-order chi connectivity index (χ0) is 24.9. The second-order valence-corrected chi connectivity index (χ2v) is 8.38. The van der Waals surface area contributed by atoms with Crippen molar-refractivity contribution in [3.63, 3.8) is 0 Å². The number of carbonyl (C=O) groups is 1. The topological polar surface area (TPSA) is 69.5 Å². The smallest absolute Gasteiger partial charge is 0.343 e. The highest BCUT2D eigenvalue weighted by Gasteiger charge is 2.10. The lowest BCUT2D eigenvalue weighted by atomic mass is 10.1. The zero-order valence-electron chi connectivity index (χ0n) is 20.8. The highest BCUT2D eigenvalue weighted by atomic mass is 16.5. The van der Waals surface area contributed by atoms with Crippen LogP contribution >= 0.6 is 0 Å². The molecule has 0 spiro atoms. The second kappa shape index (κ2) is 13.9. The number of unbranched alkanes of at least 4 members (excludes halogenated alkanes) is 5. The average Bonchev–Trinajstić information content (AvgIpc) is 2.88. The molecule has 0 atom stereocenters. The minimum Gasteiger partial charge on any atom is -0.497 e. The highest BCUT2D eigenvalue weighted by molar-refractivity contribution is 5.91.